The lowest BCUT2D eigenvalue weighted by Gasteiger charge is -2.34. The molecule has 1 saturated heterocycles. The zero-order valence-electron chi connectivity index (χ0n) is 13.1. The number of hydrogen-bond acceptors (Lipinski definition) is 4. The van der Waals surface area contributed by atoms with Gasteiger partial charge in [0.2, 0.25) is 0 Å². The Morgan fingerprint density at radius 3 is 2.65 bits per heavy atom. The summed E-state index contributed by atoms with van der Waals surface area (Å²) in [6, 6.07) is 0.360. The third-order valence-electron chi connectivity index (χ3n) is 4.32. The SMILES string of the molecule is CCCN(CC1CCNCC1)C(C)c1nccnc1C. The van der Waals surface area contributed by atoms with E-state index in [9.17, 15) is 0 Å². The average molecular weight is 276 g/mol. The highest BCUT2D eigenvalue weighted by atomic mass is 15.2. The summed E-state index contributed by atoms with van der Waals surface area (Å²) in [6.45, 7) is 11.3. The molecule has 1 aliphatic rings. The third-order valence-corrected chi connectivity index (χ3v) is 4.32. The van der Waals surface area contributed by atoms with E-state index in [-0.39, 0.29) is 0 Å². The average Bonchev–Trinajstić information content (AvgIpc) is 2.48. The highest BCUT2D eigenvalue weighted by Crippen LogP contribution is 2.24. The van der Waals surface area contributed by atoms with Crippen LogP contribution in [-0.2, 0) is 0 Å². The van der Waals surface area contributed by atoms with Crippen molar-refractivity contribution in [3.05, 3.63) is 23.8 Å². The lowest BCUT2D eigenvalue weighted by atomic mass is 9.96. The molecule has 0 saturated carbocycles. The largest absolute Gasteiger partial charge is 0.317 e. The van der Waals surface area contributed by atoms with Crippen molar-refractivity contribution in [3.8, 4) is 0 Å². The van der Waals surface area contributed by atoms with Crippen LogP contribution in [0.2, 0.25) is 0 Å². The Kier molecular flexibility index (Phi) is 5.92. The van der Waals surface area contributed by atoms with Gasteiger partial charge >= 0.3 is 0 Å². The van der Waals surface area contributed by atoms with Crippen LogP contribution < -0.4 is 5.32 Å². The van der Waals surface area contributed by atoms with Gasteiger partial charge in [-0.1, -0.05) is 6.92 Å². The summed E-state index contributed by atoms with van der Waals surface area (Å²) in [5.41, 5.74) is 2.20. The molecule has 0 amide bonds. The molecule has 2 heterocycles. The molecule has 0 spiro atoms. The highest BCUT2D eigenvalue weighted by Gasteiger charge is 2.23. The first-order valence-corrected chi connectivity index (χ1v) is 7.94. The van der Waals surface area contributed by atoms with Crippen molar-refractivity contribution < 1.29 is 0 Å². The molecule has 1 aromatic rings. The summed E-state index contributed by atoms with van der Waals surface area (Å²) in [5, 5.41) is 3.45. The first kappa shape index (κ1) is 15.4. The maximum Gasteiger partial charge on any atom is 0.0784 e. The van der Waals surface area contributed by atoms with Crippen molar-refractivity contribution in [2.45, 2.75) is 46.1 Å². The third kappa shape index (κ3) is 4.00. The fourth-order valence-electron chi connectivity index (χ4n) is 3.13. The van der Waals surface area contributed by atoms with Crippen molar-refractivity contribution in [2.75, 3.05) is 26.2 Å². The van der Waals surface area contributed by atoms with E-state index in [0.29, 0.717) is 6.04 Å². The van der Waals surface area contributed by atoms with Gasteiger partial charge in [0.25, 0.3) is 0 Å². The smallest absolute Gasteiger partial charge is 0.0784 e. The fourth-order valence-corrected chi connectivity index (χ4v) is 3.13. The van der Waals surface area contributed by atoms with Gasteiger partial charge in [-0.05, 0) is 58.7 Å². The number of nitrogens with zero attached hydrogens (tertiary/aromatic N) is 3. The van der Waals surface area contributed by atoms with E-state index in [0.717, 1.165) is 23.9 Å². The van der Waals surface area contributed by atoms with Gasteiger partial charge in [-0.2, -0.15) is 0 Å². The van der Waals surface area contributed by atoms with Crippen LogP contribution in [0.15, 0.2) is 12.4 Å². The quantitative estimate of drug-likeness (QED) is 0.867. The zero-order valence-corrected chi connectivity index (χ0v) is 13.1. The van der Waals surface area contributed by atoms with Crippen LogP contribution in [0.5, 0.6) is 0 Å². The predicted octanol–water partition coefficient (Wildman–Crippen LogP) is 2.56. The summed E-state index contributed by atoms with van der Waals surface area (Å²) in [6.07, 6.45) is 7.38. The van der Waals surface area contributed by atoms with Crippen molar-refractivity contribution in [3.63, 3.8) is 0 Å². The molecule has 1 aromatic heterocycles. The zero-order chi connectivity index (χ0) is 14.4. The van der Waals surface area contributed by atoms with Crippen LogP contribution in [-0.4, -0.2) is 41.0 Å². The summed E-state index contributed by atoms with van der Waals surface area (Å²) in [5.74, 6) is 0.822. The molecule has 112 valence electrons. The van der Waals surface area contributed by atoms with E-state index in [1.165, 1.54) is 38.9 Å². The number of hydrogen-bond donors (Lipinski definition) is 1. The number of nitrogens with one attached hydrogen (secondary N) is 1. The van der Waals surface area contributed by atoms with Crippen molar-refractivity contribution >= 4 is 0 Å². The summed E-state index contributed by atoms with van der Waals surface area (Å²) < 4.78 is 0. The van der Waals surface area contributed by atoms with Gasteiger partial charge in [0.1, 0.15) is 0 Å². The predicted molar refractivity (Wildman–Crippen MR) is 82.6 cm³/mol. The van der Waals surface area contributed by atoms with Crippen LogP contribution in [0.4, 0.5) is 0 Å². The fraction of sp³-hybridized carbons (Fsp3) is 0.750. The summed E-state index contributed by atoms with van der Waals surface area (Å²) >= 11 is 0. The van der Waals surface area contributed by atoms with Crippen molar-refractivity contribution in [1.82, 2.24) is 20.2 Å². The van der Waals surface area contributed by atoms with E-state index in [2.05, 4.69) is 41.0 Å². The van der Waals surface area contributed by atoms with Gasteiger partial charge in [-0.25, -0.2) is 0 Å². The highest BCUT2D eigenvalue weighted by molar-refractivity contribution is 5.12. The molecule has 1 unspecified atom stereocenters. The van der Waals surface area contributed by atoms with Crippen LogP contribution in [0.1, 0.15) is 50.5 Å². The van der Waals surface area contributed by atoms with E-state index in [4.69, 9.17) is 0 Å². The van der Waals surface area contributed by atoms with Gasteiger partial charge in [0, 0.05) is 18.9 Å². The number of rotatable bonds is 6. The molecule has 4 nitrogen and oxygen atoms in total. The summed E-state index contributed by atoms with van der Waals surface area (Å²) in [7, 11) is 0. The van der Waals surface area contributed by atoms with E-state index in [1.807, 2.05) is 6.20 Å². The summed E-state index contributed by atoms with van der Waals surface area (Å²) in [4.78, 5) is 11.5. The normalized spacial score (nSPS) is 18.4. The van der Waals surface area contributed by atoms with Crippen LogP contribution in [0.25, 0.3) is 0 Å². The van der Waals surface area contributed by atoms with Crippen LogP contribution >= 0.6 is 0 Å². The second-order valence-electron chi connectivity index (χ2n) is 5.89. The van der Waals surface area contributed by atoms with E-state index in [1.54, 1.807) is 6.20 Å². The maximum atomic E-state index is 4.56. The van der Waals surface area contributed by atoms with Gasteiger partial charge in [-0.3, -0.25) is 14.9 Å². The Bertz CT molecular complexity index is 401. The molecular weight excluding hydrogens is 248 g/mol. The molecular formula is C16H28N4. The standard InChI is InChI=1S/C16H28N4/c1-4-11-20(12-15-5-7-17-8-6-15)14(3)16-13(2)18-9-10-19-16/h9-10,14-15,17H,4-8,11-12H2,1-3H3. The second-order valence-corrected chi connectivity index (χ2v) is 5.89. The Balaban J connectivity index is 2.04. The monoisotopic (exact) mass is 276 g/mol. The Morgan fingerprint density at radius 1 is 1.30 bits per heavy atom. The molecule has 0 aromatic carbocycles. The molecule has 4 heteroatoms. The minimum Gasteiger partial charge on any atom is -0.317 e. The van der Waals surface area contributed by atoms with E-state index >= 15 is 0 Å². The van der Waals surface area contributed by atoms with Crippen molar-refractivity contribution in [2.24, 2.45) is 5.92 Å². The molecule has 1 aliphatic heterocycles. The Hall–Kier alpha value is -1.00. The number of piperidine rings is 1. The molecule has 2 rings (SSSR count). The molecule has 0 aliphatic carbocycles. The second kappa shape index (κ2) is 7.70. The number of aromatic nitrogens is 2. The maximum absolute atomic E-state index is 4.56. The molecule has 0 bridgehead atoms. The first-order chi connectivity index (χ1) is 9.72. The lowest BCUT2D eigenvalue weighted by Crippen LogP contribution is -2.38. The minimum atomic E-state index is 0.360. The minimum absolute atomic E-state index is 0.360. The topological polar surface area (TPSA) is 41.0 Å². The molecule has 1 N–H and O–H groups in total. The van der Waals surface area contributed by atoms with Gasteiger partial charge in [0.05, 0.1) is 17.4 Å². The van der Waals surface area contributed by atoms with Gasteiger partial charge < -0.3 is 5.32 Å². The first-order valence-electron chi connectivity index (χ1n) is 7.94. The Morgan fingerprint density at radius 2 is 2.00 bits per heavy atom. The van der Waals surface area contributed by atoms with Crippen molar-refractivity contribution in [1.29, 1.82) is 0 Å². The van der Waals surface area contributed by atoms with E-state index < -0.39 is 0 Å². The van der Waals surface area contributed by atoms with Gasteiger partial charge in [0.15, 0.2) is 0 Å². The molecule has 1 fully saturated rings. The van der Waals surface area contributed by atoms with Crippen LogP contribution in [0.3, 0.4) is 0 Å². The lowest BCUT2D eigenvalue weighted by molar-refractivity contribution is 0.158. The number of aryl methyl sites for hydroxylation is 1. The molecule has 0 radical (unpaired) electrons. The van der Waals surface area contributed by atoms with Crippen LogP contribution in [0, 0.1) is 12.8 Å². The Labute approximate surface area is 123 Å². The molecule has 1 atom stereocenters. The molecule has 20 heavy (non-hydrogen) atoms. The van der Waals surface area contributed by atoms with Gasteiger partial charge in [-0.15, -0.1) is 0 Å².